The van der Waals surface area contributed by atoms with E-state index in [1.54, 1.807) is 14.0 Å². The van der Waals surface area contributed by atoms with Gasteiger partial charge in [-0.15, -0.1) is 0 Å². The fourth-order valence-corrected chi connectivity index (χ4v) is 2.83. The second-order valence-electron chi connectivity index (χ2n) is 4.78. The second-order valence-corrected chi connectivity index (χ2v) is 5.72. The molecule has 0 bridgehead atoms. The zero-order valence-corrected chi connectivity index (χ0v) is 13.1. The number of ether oxygens (including phenoxy) is 1. The fourth-order valence-electron chi connectivity index (χ4n) is 1.99. The molecule has 1 unspecified atom stereocenters. The number of carbonyl (C=O) groups is 2. The Labute approximate surface area is 132 Å². The summed E-state index contributed by atoms with van der Waals surface area (Å²) < 4.78 is 5.16. The Bertz CT molecular complexity index is 655. The maximum Gasteiger partial charge on any atom is 0.304 e. The van der Waals surface area contributed by atoms with E-state index < -0.39 is 17.8 Å². The second kappa shape index (κ2) is 7.22. The quantitative estimate of drug-likeness (QED) is 0.900. The van der Waals surface area contributed by atoms with Crippen LogP contribution in [0.1, 0.15) is 18.9 Å². The number of carboxylic acids is 1. The van der Waals surface area contributed by atoms with Crippen LogP contribution in [-0.2, 0) is 15.3 Å². The van der Waals surface area contributed by atoms with Gasteiger partial charge in [0.15, 0.2) is 5.17 Å². The van der Waals surface area contributed by atoms with Crippen LogP contribution in [0.15, 0.2) is 34.3 Å². The van der Waals surface area contributed by atoms with Crippen molar-refractivity contribution in [3.05, 3.63) is 29.8 Å². The Morgan fingerprint density at radius 2 is 2.18 bits per heavy atom. The number of thioether (sulfide) groups is 1. The summed E-state index contributed by atoms with van der Waals surface area (Å²) in [6.45, 7) is 1.66. The van der Waals surface area contributed by atoms with Gasteiger partial charge in [0.25, 0.3) is 5.91 Å². The van der Waals surface area contributed by atoms with Gasteiger partial charge in [-0.05, 0) is 24.6 Å². The lowest BCUT2D eigenvalue weighted by Crippen LogP contribution is -2.28. The summed E-state index contributed by atoms with van der Waals surface area (Å²) in [5.41, 5.74) is 1.52. The largest absolute Gasteiger partial charge is 0.497 e. The molecule has 6 nitrogen and oxygen atoms in total. The number of nitrogens with zero attached hydrogens (tertiary/aromatic N) is 2. The molecule has 0 radical (unpaired) electrons. The number of carbonyl (C=O) groups excluding carboxylic acids is 1. The van der Waals surface area contributed by atoms with E-state index in [1.807, 2.05) is 24.3 Å². The Morgan fingerprint density at radius 3 is 2.82 bits per heavy atom. The third kappa shape index (κ3) is 4.17. The summed E-state index contributed by atoms with van der Waals surface area (Å²) in [4.78, 5) is 30.8. The molecule has 1 atom stereocenters. The van der Waals surface area contributed by atoms with Gasteiger partial charge >= 0.3 is 5.97 Å². The SMILES string of the molecule is COc1cccc(CSC2=NC(=O)C(CC(=O)O)C(C)=N2)c1. The normalized spacial score (nSPS) is 17.7. The van der Waals surface area contributed by atoms with Gasteiger partial charge in [0.05, 0.1) is 19.4 Å². The average molecular weight is 320 g/mol. The minimum absolute atomic E-state index is 0.272. The van der Waals surface area contributed by atoms with Crippen molar-refractivity contribution in [1.29, 1.82) is 0 Å². The Hall–Kier alpha value is -2.15. The number of benzene rings is 1. The van der Waals surface area contributed by atoms with E-state index in [9.17, 15) is 9.59 Å². The van der Waals surface area contributed by atoms with Crippen molar-refractivity contribution >= 4 is 34.5 Å². The first-order valence-electron chi connectivity index (χ1n) is 6.65. The number of rotatable bonds is 5. The van der Waals surface area contributed by atoms with Gasteiger partial charge in [0.1, 0.15) is 5.75 Å². The zero-order valence-electron chi connectivity index (χ0n) is 12.3. The Morgan fingerprint density at radius 1 is 1.41 bits per heavy atom. The molecule has 1 aliphatic heterocycles. The average Bonchev–Trinajstić information content (AvgIpc) is 2.49. The molecule has 2 rings (SSSR count). The summed E-state index contributed by atoms with van der Waals surface area (Å²) in [5.74, 6) is -0.859. The van der Waals surface area contributed by atoms with Gasteiger partial charge in [-0.1, -0.05) is 23.9 Å². The van der Waals surface area contributed by atoms with Gasteiger partial charge in [0, 0.05) is 11.5 Å². The van der Waals surface area contributed by atoms with Crippen LogP contribution in [0.3, 0.4) is 0 Å². The van der Waals surface area contributed by atoms with E-state index in [4.69, 9.17) is 9.84 Å². The van der Waals surface area contributed by atoms with Crippen molar-refractivity contribution in [2.75, 3.05) is 7.11 Å². The summed E-state index contributed by atoms with van der Waals surface area (Å²) >= 11 is 1.34. The van der Waals surface area contributed by atoms with Crippen LogP contribution in [0.25, 0.3) is 0 Å². The highest BCUT2D eigenvalue weighted by molar-refractivity contribution is 8.13. The topological polar surface area (TPSA) is 88.3 Å². The predicted octanol–water partition coefficient (Wildman–Crippen LogP) is 2.38. The lowest BCUT2D eigenvalue weighted by molar-refractivity contribution is -0.139. The van der Waals surface area contributed by atoms with E-state index in [-0.39, 0.29) is 6.42 Å². The summed E-state index contributed by atoms with van der Waals surface area (Å²) in [6.07, 6.45) is -0.272. The number of methoxy groups -OCH3 is 1. The van der Waals surface area contributed by atoms with Gasteiger partial charge in [-0.3, -0.25) is 9.59 Å². The van der Waals surface area contributed by atoms with Crippen molar-refractivity contribution in [2.24, 2.45) is 15.9 Å². The first kappa shape index (κ1) is 16.2. The number of hydrogen-bond donors (Lipinski definition) is 1. The smallest absolute Gasteiger partial charge is 0.304 e. The molecule has 0 saturated carbocycles. The van der Waals surface area contributed by atoms with E-state index in [2.05, 4.69) is 9.98 Å². The Balaban J connectivity index is 2.02. The van der Waals surface area contributed by atoms with Crippen LogP contribution < -0.4 is 4.74 Å². The summed E-state index contributed by atoms with van der Waals surface area (Å²) in [7, 11) is 1.60. The number of aliphatic carboxylic acids is 1. The molecule has 0 spiro atoms. The van der Waals surface area contributed by atoms with E-state index in [0.29, 0.717) is 16.6 Å². The third-order valence-corrected chi connectivity index (χ3v) is 4.08. The van der Waals surface area contributed by atoms with E-state index in [0.717, 1.165) is 11.3 Å². The van der Waals surface area contributed by atoms with Crippen molar-refractivity contribution in [1.82, 2.24) is 0 Å². The lowest BCUT2D eigenvalue weighted by Gasteiger charge is -2.16. The van der Waals surface area contributed by atoms with Crippen molar-refractivity contribution < 1.29 is 19.4 Å². The molecule has 1 N–H and O–H groups in total. The lowest BCUT2D eigenvalue weighted by atomic mass is 9.99. The number of amides is 1. The molecular weight excluding hydrogens is 304 g/mol. The first-order chi connectivity index (χ1) is 10.5. The molecule has 1 amide bonds. The highest BCUT2D eigenvalue weighted by atomic mass is 32.2. The molecule has 22 heavy (non-hydrogen) atoms. The standard InChI is InChI=1S/C15H16N2O4S/c1-9-12(7-13(18)19)14(20)17-15(16-9)22-8-10-4-3-5-11(6-10)21-2/h3-6,12H,7-8H2,1-2H3,(H,18,19). The summed E-state index contributed by atoms with van der Waals surface area (Å²) in [5, 5.41) is 9.16. The molecule has 116 valence electrons. The molecule has 1 aromatic rings. The van der Waals surface area contributed by atoms with Crippen LogP contribution in [0.4, 0.5) is 0 Å². The zero-order chi connectivity index (χ0) is 16.1. The minimum atomic E-state index is -1.03. The van der Waals surface area contributed by atoms with Gasteiger partial charge in [-0.2, -0.15) is 4.99 Å². The molecule has 0 saturated heterocycles. The van der Waals surface area contributed by atoms with E-state index >= 15 is 0 Å². The maximum atomic E-state index is 11.9. The third-order valence-electron chi connectivity index (χ3n) is 3.16. The number of carboxylic acid groups (broad SMARTS) is 1. The van der Waals surface area contributed by atoms with Gasteiger partial charge < -0.3 is 9.84 Å². The van der Waals surface area contributed by atoms with Crippen molar-refractivity contribution in [3.8, 4) is 5.75 Å². The molecule has 1 aromatic carbocycles. The van der Waals surface area contributed by atoms with Crippen LogP contribution in [0, 0.1) is 5.92 Å². The molecule has 1 heterocycles. The number of amidine groups is 1. The molecule has 7 heteroatoms. The van der Waals surface area contributed by atoms with Crippen LogP contribution in [0.2, 0.25) is 0 Å². The van der Waals surface area contributed by atoms with Crippen molar-refractivity contribution in [3.63, 3.8) is 0 Å². The van der Waals surface area contributed by atoms with Gasteiger partial charge in [0.2, 0.25) is 0 Å². The molecule has 0 aromatic heterocycles. The van der Waals surface area contributed by atoms with E-state index in [1.165, 1.54) is 11.8 Å². The maximum absolute atomic E-state index is 11.9. The molecule has 0 fully saturated rings. The molecule has 0 aliphatic carbocycles. The molecular formula is C15H16N2O4S. The van der Waals surface area contributed by atoms with Gasteiger partial charge in [-0.25, -0.2) is 4.99 Å². The number of aliphatic imine (C=N–C) groups is 2. The monoisotopic (exact) mass is 320 g/mol. The predicted molar refractivity (Wildman–Crippen MR) is 85.6 cm³/mol. The van der Waals surface area contributed by atoms with Crippen molar-refractivity contribution in [2.45, 2.75) is 19.1 Å². The van der Waals surface area contributed by atoms with Crippen LogP contribution >= 0.6 is 11.8 Å². The highest BCUT2D eigenvalue weighted by Crippen LogP contribution is 2.23. The van der Waals surface area contributed by atoms with Crippen LogP contribution in [-0.4, -0.2) is 35.0 Å². The molecule has 1 aliphatic rings. The number of hydrogen-bond acceptors (Lipinski definition) is 5. The van der Waals surface area contributed by atoms with Crippen LogP contribution in [0.5, 0.6) is 5.75 Å². The fraction of sp³-hybridized carbons (Fsp3) is 0.333. The summed E-state index contributed by atoms with van der Waals surface area (Å²) in [6, 6.07) is 7.60. The Kier molecular flexibility index (Phi) is 5.32. The minimum Gasteiger partial charge on any atom is -0.497 e. The highest BCUT2D eigenvalue weighted by Gasteiger charge is 2.28. The first-order valence-corrected chi connectivity index (χ1v) is 7.63.